The summed E-state index contributed by atoms with van der Waals surface area (Å²) in [5, 5.41) is 0. The molecule has 72 valence electrons. The molecular formula is C8H12N2O2S. The Bertz CT molecular complexity index is 412. The smallest absolute Gasteiger partial charge is 0.229 e. The van der Waals surface area contributed by atoms with Gasteiger partial charge in [-0.25, -0.2) is 8.42 Å². The summed E-state index contributed by atoms with van der Waals surface area (Å²) in [5.74, 6) is 0. The van der Waals surface area contributed by atoms with Crippen molar-refractivity contribution >= 4 is 21.4 Å². The number of rotatable bonds is 2. The highest BCUT2D eigenvalue weighted by Gasteiger charge is 2.03. The molecule has 0 spiro atoms. The summed E-state index contributed by atoms with van der Waals surface area (Å²) in [7, 11) is -3.20. The van der Waals surface area contributed by atoms with Crippen molar-refractivity contribution in [3.05, 3.63) is 23.8 Å². The minimum atomic E-state index is -3.20. The lowest BCUT2D eigenvalue weighted by Gasteiger charge is -2.07. The molecule has 5 heteroatoms. The molecular weight excluding hydrogens is 188 g/mol. The fourth-order valence-electron chi connectivity index (χ4n) is 1.00. The van der Waals surface area contributed by atoms with Crippen LogP contribution in [0.4, 0.5) is 11.4 Å². The van der Waals surface area contributed by atoms with Crippen molar-refractivity contribution in [3.8, 4) is 0 Å². The van der Waals surface area contributed by atoms with Gasteiger partial charge in [0.05, 0.1) is 11.9 Å². The first-order valence-corrected chi connectivity index (χ1v) is 5.61. The third kappa shape index (κ3) is 2.95. The number of nitrogens with two attached hydrogens (primary N) is 1. The minimum absolute atomic E-state index is 0.566. The average Bonchev–Trinajstić information content (AvgIpc) is 1.93. The van der Waals surface area contributed by atoms with E-state index in [-0.39, 0.29) is 0 Å². The van der Waals surface area contributed by atoms with Gasteiger partial charge in [-0.15, -0.1) is 0 Å². The highest BCUT2D eigenvalue weighted by atomic mass is 32.2. The first-order valence-electron chi connectivity index (χ1n) is 3.72. The number of nitrogen functional groups attached to an aromatic ring is 1. The van der Waals surface area contributed by atoms with Crippen LogP contribution >= 0.6 is 0 Å². The van der Waals surface area contributed by atoms with Crippen LogP contribution in [0, 0.1) is 6.92 Å². The van der Waals surface area contributed by atoms with Crippen LogP contribution in [0.25, 0.3) is 0 Å². The topological polar surface area (TPSA) is 72.2 Å². The van der Waals surface area contributed by atoms with E-state index in [1.54, 1.807) is 25.1 Å². The monoisotopic (exact) mass is 200 g/mol. The van der Waals surface area contributed by atoms with Crippen molar-refractivity contribution in [2.45, 2.75) is 6.92 Å². The number of anilines is 2. The molecule has 0 unspecified atom stereocenters. The molecule has 0 heterocycles. The Kier molecular flexibility index (Phi) is 2.47. The number of aryl methyl sites for hydroxylation is 1. The Morgan fingerprint density at radius 1 is 1.38 bits per heavy atom. The fraction of sp³-hybridized carbons (Fsp3) is 0.250. The molecule has 0 bridgehead atoms. The second-order valence-corrected chi connectivity index (χ2v) is 4.70. The van der Waals surface area contributed by atoms with E-state index in [2.05, 4.69) is 4.72 Å². The van der Waals surface area contributed by atoms with E-state index in [0.717, 1.165) is 11.8 Å². The largest absolute Gasteiger partial charge is 0.399 e. The van der Waals surface area contributed by atoms with Crippen molar-refractivity contribution in [2.24, 2.45) is 0 Å². The molecule has 0 aliphatic rings. The Morgan fingerprint density at radius 2 is 2.00 bits per heavy atom. The number of sulfonamides is 1. The number of hydrogen-bond donors (Lipinski definition) is 2. The second kappa shape index (κ2) is 3.26. The maximum atomic E-state index is 10.9. The molecule has 0 amide bonds. The predicted octanol–water partition coefficient (Wildman–Crippen LogP) is 0.949. The Labute approximate surface area is 77.8 Å². The van der Waals surface area contributed by atoms with E-state index in [0.29, 0.717) is 11.4 Å². The molecule has 0 aromatic heterocycles. The number of nitrogens with one attached hydrogen (secondary N) is 1. The van der Waals surface area contributed by atoms with Gasteiger partial charge in [-0.3, -0.25) is 4.72 Å². The lowest BCUT2D eigenvalue weighted by Crippen LogP contribution is -2.10. The van der Waals surface area contributed by atoms with E-state index in [9.17, 15) is 8.42 Å². The quantitative estimate of drug-likeness (QED) is 0.698. The lowest BCUT2D eigenvalue weighted by molar-refractivity contribution is 0.607. The van der Waals surface area contributed by atoms with Crippen LogP contribution in [0.2, 0.25) is 0 Å². The minimum Gasteiger partial charge on any atom is -0.399 e. The summed E-state index contributed by atoms with van der Waals surface area (Å²) in [6, 6.07) is 5.01. The summed E-state index contributed by atoms with van der Waals surface area (Å²) in [6.07, 6.45) is 1.11. The van der Waals surface area contributed by atoms with E-state index >= 15 is 0 Å². The fourth-order valence-corrected chi connectivity index (χ4v) is 1.63. The molecule has 3 N–H and O–H groups in total. The van der Waals surface area contributed by atoms with Crippen molar-refractivity contribution in [3.63, 3.8) is 0 Å². The van der Waals surface area contributed by atoms with E-state index in [1.807, 2.05) is 0 Å². The van der Waals surface area contributed by atoms with Crippen molar-refractivity contribution in [1.29, 1.82) is 0 Å². The Balaban J connectivity index is 3.04. The molecule has 1 aromatic rings. The number of hydrogen-bond acceptors (Lipinski definition) is 3. The molecule has 0 aliphatic heterocycles. The zero-order chi connectivity index (χ0) is 10.1. The van der Waals surface area contributed by atoms with Crippen LogP contribution in [0.3, 0.4) is 0 Å². The van der Waals surface area contributed by atoms with Crippen LogP contribution in [-0.4, -0.2) is 14.7 Å². The van der Waals surface area contributed by atoms with Gasteiger partial charge in [0.2, 0.25) is 10.0 Å². The van der Waals surface area contributed by atoms with Crippen LogP contribution in [-0.2, 0) is 10.0 Å². The highest BCUT2D eigenvalue weighted by Crippen LogP contribution is 2.18. The van der Waals surface area contributed by atoms with Gasteiger partial charge < -0.3 is 5.73 Å². The summed E-state index contributed by atoms with van der Waals surface area (Å²) >= 11 is 0. The maximum Gasteiger partial charge on any atom is 0.229 e. The van der Waals surface area contributed by atoms with Gasteiger partial charge in [0, 0.05) is 5.69 Å². The third-order valence-electron chi connectivity index (χ3n) is 1.55. The molecule has 0 saturated carbocycles. The predicted molar refractivity (Wildman–Crippen MR) is 54.1 cm³/mol. The van der Waals surface area contributed by atoms with Gasteiger partial charge in [0.1, 0.15) is 0 Å². The molecule has 0 radical (unpaired) electrons. The molecule has 4 nitrogen and oxygen atoms in total. The third-order valence-corrected chi connectivity index (χ3v) is 2.14. The van der Waals surface area contributed by atoms with Gasteiger partial charge in [-0.2, -0.15) is 0 Å². The normalized spacial score (nSPS) is 11.2. The van der Waals surface area contributed by atoms with E-state index in [1.165, 1.54) is 0 Å². The van der Waals surface area contributed by atoms with Crippen molar-refractivity contribution < 1.29 is 8.42 Å². The van der Waals surface area contributed by atoms with Gasteiger partial charge >= 0.3 is 0 Å². The molecule has 13 heavy (non-hydrogen) atoms. The van der Waals surface area contributed by atoms with E-state index < -0.39 is 10.0 Å². The van der Waals surface area contributed by atoms with Crippen LogP contribution in [0.15, 0.2) is 18.2 Å². The zero-order valence-corrected chi connectivity index (χ0v) is 8.35. The zero-order valence-electron chi connectivity index (χ0n) is 7.53. The first-order chi connectivity index (χ1) is 5.88. The van der Waals surface area contributed by atoms with Crippen molar-refractivity contribution in [1.82, 2.24) is 0 Å². The molecule has 0 fully saturated rings. The summed E-state index contributed by atoms with van der Waals surface area (Å²) in [5.41, 5.74) is 7.51. The molecule has 1 rings (SSSR count). The van der Waals surface area contributed by atoms with Gasteiger partial charge in [-0.05, 0) is 30.7 Å². The molecule has 0 atom stereocenters. The van der Waals surface area contributed by atoms with Crippen LogP contribution in [0.1, 0.15) is 5.56 Å². The first kappa shape index (κ1) is 9.85. The molecule has 0 saturated heterocycles. The van der Waals surface area contributed by atoms with Crippen LogP contribution in [0.5, 0.6) is 0 Å². The van der Waals surface area contributed by atoms with Gasteiger partial charge in [-0.1, -0.05) is 0 Å². The van der Waals surface area contributed by atoms with Gasteiger partial charge in [0.25, 0.3) is 0 Å². The van der Waals surface area contributed by atoms with Gasteiger partial charge in [0.15, 0.2) is 0 Å². The Morgan fingerprint density at radius 3 is 2.46 bits per heavy atom. The number of benzene rings is 1. The Hall–Kier alpha value is -1.23. The summed E-state index contributed by atoms with van der Waals surface area (Å²) in [6.45, 7) is 1.80. The van der Waals surface area contributed by atoms with Crippen LogP contribution < -0.4 is 10.5 Å². The molecule has 1 aromatic carbocycles. The SMILES string of the molecule is Cc1cc(N)ccc1NS(C)(=O)=O. The standard InChI is InChI=1S/C8H12N2O2S/c1-6-5-7(9)3-4-8(6)10-13(2,11)12/h3-5,10H,9H2,1-2H3. The second-order valence-electron chi connectivity index (χ2n) is 2.95. The maximum absolute atomic E-state index is 10.9. The van der Waals surface area contributed by atoms with E-state index in [4.69, 9.17) is 5.73 Å². The average molecular weight is 200 g/mol. The van der Waals surface area contributed by atoms with Crippen molar-refractivity contribution in [2.75, 3.05) is 16.7 Å². The lowest BCUT2D eigenvalue weighted by atomic mass is 10.2. The summed E-state index contributed by atoms with van der Waals surface area (Å²) in [4.78, 5) is 0. The molecule has 0 aliphatic carbocycles. The summed E-state index contributed by atoms with van der Waals surface area (Å²) < 4.78 is 24.2. The highest BCUT2D eigenvalue weighted by molar-refractivity contribution is 7.92.